The number of carbonyl (C=O) groups excluding carboxylic acids is 7. The van der Waals surface area contributed by atoms with Gasteiger partial charge in [0.2, 0.25) is 11.6 Å². The van der Waals surface area contributed by atoms with Gasteiger partial charge in [0, 0.05) is 107 Å². The van der Waals surface area contributed by atoms with Gasteiger partial charge in [0.25, 0.3) is 0 Å². The number of hydrogen-bond donors (Lipinski definition) is 1. The molecular formula is C59H86F4LiO17P. The van der Waals surface area contributed by atoms with Crippen molar-refractivity contribution in [1.29, 1.82) is 0 Å². The average molecular weight is 1180 g/mol. The number of carbonyl (C=O) groups is 7. The minimum absolute atomic E-state index is 0. The minimum atomic E-state index is -3.66. The number of benzene rings is 2. The van der Waals surface area contributed by atoms with E-state index < -0.39 is 61.9 Å². The second kappa shape index (κ2) is 43.0. The number of halogens is 4. The molecule has 0 amide bonds. The van der Waals surface area contributed by atoms with Crippen molar-refractivity contribution in [2.45, 2.75) is 166 Å². The van der Waals surface area contributed by atoms with E-state index in [0.717, 1.165) is 96.5 Å². The molecule has 2 unspecified atom stereocenters. The third-order valence-corrected chi connectivity index (χ3v) is 15.6. The molecule has 1 aliphatic heterocycles. The van der Waals surface area contributed by atoms with Crippen LogP contribution in [0.4, 0.5) is 17.6 Å². The van der Waals surface area contributed by atoms with Crippen molar-refractivity contribution < 1.29 is 109 Å². The summed E-state index contributed by atoms with van der Waals surface area (Å²) in [6.45, 7) is 7.04. The van der Waals surface area contributed by atoms with E-state index in [2.05, 4.69) is 9.47 Å². The van der Waals surface area contributed by atoms with Gasteiger partial charge in [0.1, 0.15) is 18.5 Å². The standard InChI is InChI=1S/C30H40F2O7.C17H28O5.C11H13F2O2P.CH4O.Li.O2.H/c1-21(33)38-25-20-26(39-29-16-10-11-19-37-29)24(23(25)14-8-3-4-9-15-28(35)36-2)17-18-27(34)30(31,32)22-12-6-5-7-13-22;1-12-10-16(22-13(2)19)14(15(12)11-18)8-6-4-5-7-9-17(20)21-3;1-15-16(2)8-10(14)11(12,13)9-6-4-3-5-7-9;1-2;;1-2;/h5-7,12-13,17-18,23-26,29H,3-4,8-11,14-16,19-20H2,1-2H3;11-12,14-16H,4-10H2,1-3H3;3-7H,8H2,1-2H3;2H,1H3;;;/q;;;;+1;;-1/b18-17+;;;;;;/t23-,24-,25+,26-,29?;12-,14-,15+,16+;;;;;/m11...../s1. The first-order valence-electron chi connectivity index (χ1n) is 27.4. The Balaban J connectivity index is 0. The third-order valence-electron chi connectivity index (χ3n) is 14.2. The van der Waals surface area contributed by atoms with Gasteiger partial charge in [0.15, 0.2) is 6.29 Å². The Bertz CT molecular complexity index is 2180. The van der Waals surface area contributed by atoms with Crippen molar-refractivity contribution >= 4 is 49.9 Å². The quantitative estimate of drug-likeness (QED) is 0.0123. The van der Waals surface area contributed by atoms with Gasteiger partial charge in [0.05, 0.1) is 26.5 Å². The summed E-state index contributed by atoms with van der Waals surface area (Å²) < 4.78 is 94.3. The second-order valence-corrected chi connectivity index (χ2v) is 21.8. The summed E-state index contributed by atoms with van der Waals surface area (Å²) in [5.74, 6) is -10.8. The number of ketones is 2. The number of rotatable bonds is 28. The van der Waals surface area contributed by atoms with E-state index in [1.165, 1.54) is 89.8 Å². The van der Waals surface area contributed by atoms with E-state index in [0.29, 0.717) is 38.7 Å². The molecule has 2 aliphatic carbocycles. The molecule has 0 bridgehead atoms. The number of hydrogen-bond acceptors (Lipinski definition) is 17. The molecule has 2 saturated carbocycles. The Hall–Kier alpha value is -4.74. The van der Waals surface area contributed by atoms with E-state index in [1.54, 1.807) is 18.8 Å². The van der Waals surface area contributed by atoms with Crippen LogP contribution < -0.4 is 18.9 Å². The zero-order valence-electron chi connectivity index (χ0n) is 50.1. The van der Waals surface area contributed by atoms with E-state index in [4.69, 9.17) is 38.5 Å². The number of ether oxygens (including phenoxy) is 6. The van der Waals surface area contributed by atoms with Crippen LogP contribution in [-0.4, -0.2) is 119 Å². The number of methoxy groups -OCH3 is 2. The van der Waals surface area contributed by atoms with Crippen LogP contribution in [0.25, 0.3) is 0 Å². The Morgan fingerprint density at radius 2 is 1.15 bits per heavy atom. The van der Waals surface area contributed by atoms with E-state index in [-0.39, 0.29) is 85.3 Å². The Morgan fingerprint density at radius 3 is 1.59 bits per heavy atom. The molecule has 0 radical (unpaired) electrons. The normalized spacial score (nSPS) is 22.2. The number of Topliss-reactive ketones (excluding diaryl/α,β-unsaturated/α-hetero) is 1. The molecule has 3 fully saturated rings. The zero-order valence-corrected chi connectivity index (χ0v) is 50.0. The molecule has 0 spiro atoms. The van der Waals surface area contributed by atoms with E-state index in [1.807, 2.05) is 6.92 Å². The van der Waals surface area contributed by atoms with Crippen LogP contribution in [-0.2, 0) is 78.4 Å². The molecule has 0 aromatic heterocycles. The minimum Gasteiger partial charge on any atom is -1.00 e. The van der Waals surface area contributed by atoms with Crippen LogP contribution in [0.2, 0.25) is 0 Å². The number of unbranched alkanes of at least 4 members (excludes halogenated alkanes) is 6. The summed E-state index contributed by atoms with van der Waals surface area (Å²) in [5, 5.41) is 7.00. The summed E-state index contributed by atoms with van der Waals surface area (Å²) in [5.41, 5.74) is -0.629. The maximum absolute atomic E-state index is 14.9. The topological polar surface area (TPSA) is 238 Å². The maximum Gasteiger partial charge on any atom is 1.00 e. The number of alkyl halides is 4. The molecule has 2 aromatic rings. The van der Waals surface area contributed by atoms with Crippen molar-refractivity contribution in [2.24, 2.45) is 29.6 Å². The number of aliphatic hydroxyl groups is 1. The van der Waals surface area contributed by atoms with Gasteiger partial charge < -0.3 is 44.3 Å². The van der Waals surface area contributed by atoms with Crippen molar-refractivity contribution in [2.75, 3.05) is 47.9 Å². The molecule has 10 atom stereocenters. The van der Waals surface area contributed by atoms with Gasteiger partial charge in [-0.15, -0.1) is 0 Å². The first-order valence-corrected chi connectivity index (χ1v) is 29.3. The first-order chi connectivity index (χ1) is 38.7. The summed E-state index contributed by atoms with van der Waals surface area (Å²) in [6, 6.07) is 14.1. The number of aldehydes is 1. The fourth-order valence-corrected chi connectivity index (χ4v) is 10.8. The molecule has 3 aliphatic rings. The molecule has 1 saturated heterocycles. The molecule has 23 heteroatoms. The molecule has 458 valence electrons. The van der Waals surface area contributed by atoms with Crippen molar-refractivity contribution in [3.8, 4) is 0 Å². The maximum atomic E-state index is 14.9. The number of allylic oxidation sites excluding steroid dienone is 1. The van der Waals surface area contributed by atoms with Crippen molar-refractivity contribution in [3.05, 3.63) is 93.9 Å². The van der Waals surface area contributed by atoms with Gasteiger partial charge in [-0.1, -0.05) is 112 Å². The largest absolute Gasteiger partial charge is 1.00 e. The average Bonchev–Trinajstić information content (AvgIpc) is 4.24. The SMILES string of the molecule is CO.COC(=O)CCCCCC[C@@H]1[C@@H](/C=C/C(=O)C(F)(F)c2ccccc2)[C@H](OC2CCCCO2)C[C@@H]1OC(C)=O.COC(=O)CCCCCC[C@@H]1[C@@H](C=O)[C@H](C)C[C@@H]1OC(C)=O.COP(C)CC(=O)C(F)(F)c1ccccc1.O=O.[H-].[Li+]. The molecule has 2 aromatic carbocycles. The second-order valence-electron chi connectivity index (χ2n) is 19.9. The summed E-state index contributed by atoms with van der Waals surface area (Å²) in [7, 11) is 4.08. The monoisotopic (exact) mass is 1180 g/mol. The molecule has 82 heavy (non-hydrogen) atoms. The van der Waals surface area contributed by atoms with Crippen LogP contribution in [0.1, 0.15) is 142 Å². The van der Waals surface area contributed by atoms with Gasteiger partial charge >= 0.3 is 54.6 Å². The van der Waals surface area contributed by atoms with Crippen LogP contribution >= 0.6 is 8.15 Å². The van der Waals surface area contributed by atoms with Crippen LogP contribution in [0, 0.1) is 39.5 Å². The van der Waals surface area contributed by atoms with E-state index in [9.17, 15) is 51.1 Å². The first kappa shape index (κ1) is 77.3. The van der Waals surface area contributed by atoms with Crippen LogP contribution in [0.3, 0.4) is 0 Å². The van der Waals surface area contributed by atoms with E-state index >= 15 is 0 Å². The number of esters is 4. The predicted octanol–water partition coefficient (Wildman–Crippen LogP) is 8.61. The Kier molecular flexibility index (Phi) is 40.5. The summed E-state index contributed by atoms with van der Waals surface area (Å²) in [6.07, 6.45) is 14.9. The summed E-state index contributed by atoms with van der Waals surface area (Å²) in [4.78, 5) is 94.9. The van der Waals surface area contributed by atoms with Crippen molar-refractivity contribution in [3.63, 3.8) is 0 Å². The molecule has 1 N–H and O–H groups in total. The number of aliphatic hydroxyl groups excluding tert-OH is 1. The molecule has 1 heterocycles. The van der Waals surface area contributed by atoms with Gasteiger partial charge in [-0.25, -0.2) is 0 Å². The van der Waals surface area contributed by atoms with Gasteiger partial charge in [-0.3, -0.25) is 28.8 Å². The van der Waals surface area contributed by atoms with Gasteiger partial charge in [-0.2, -0.15) is 17.6 Å². The van der Waals surface area contributed by atoms with Crippen LogP contribution in [0.15, 0.2) is 72.8 Å². The predicted molar refractivity (Wildman–Crippen MR) is 298 cm³/mol. The zero-order chi connectivity index (χ0) is 61.0. The summed E-state index contributed by atoms with van der Waals surface area (Å²) >= 11 is 0. The fourth-order valence-electron chi connectivity index (χ4n) is 10.0. The Morgan fingerprint density at radius 1 is 0.683 bits per heavy atom. The fraction of sp³-hybridized carbons (Fsp3) is 0.644. The molecule has 5 rings (SSSR count). The van der Waals surface area contributed by atoms with Crippen molar-refractivity contribution in [1.82, 2.24) is 0 Å². The molecule has 17 nitrogen and oxygen atoms in total. The smallest absolute Gasteiger partial charge is 1.00 e. The van der Waals surface area contributed by atoms with Crippen LogP contribution in [0.5, 0.6) is 0 Å². The third kappa shape index (κ3) is 27.8. The van der Waals surface area contributed by atoms with Gasteiger partial charge in [-0.05, 0) is 70.0 Å². The molecular weight excluding hydrogens is 1090 g/mol. The Labute approximate surface area is 495 Å².